The Morgan fingerprint density at radius 3 is 2.51 bits per heavy atom. The minimum absolute atomic E-state index is 0.00169. The molecule has 0 bridgehead atoms. The molecule has 8 heteroatoms. The zero-order valence-corrected chi connectivity index (χ0v) is 22.5. The molecule has 4 atom stereocenters. The summed E-state index contributed by atoms with van der Waals surface area (Å²) in [6.07, 6.45) is 2.78. The van der Waals surface area contributed by atoms with Gasteiger partial charge in [-0.1, -0.05) is 62.0 Å². The van der Waals surface area contributed by atoms with Crippen LogP contribution >= 0.6 is 0 Å². The Labute approximate surface area is 230 Å². The number of benzene rings is 2. The fraction of sp³-hybridized carbons (Fsp3) is 0.355. The van der Waals surface area contributed by atoms with Gasteiger partial charge in [-0.15, -0.1) is 0 Å². The average Bonchev–Trinajstić information content (AvgIpc) is 2.97. The van der Waals surface area contributed by atoms with Crippen LogP contribution in [0.1, 0.15) is 41.7 Å². The van der Waals surface area contributed by atoms with Gasteiger partial charge in [0.1, 0.15) is 6.61 Å². The van der Waals surface area contributed by atoms with E-state index in [1.54, 1.807) is 12.1 Å². The van der Waals surface area contributed by atoms with Crippen molar-refractivity contribution in [3.63, 3.8) is 0 Å². The number of hydrogen-bond acceptors (Lipinski definition) is 7. The first-order chi connectivity index (χ1) is 19.0. The molecule has 8 nitrogen and oxygen atoms in total. The molecule has 1 aliphatic heterocycles. The van der Waals surface area contributed by atoms with Crippen molar-refractivity contribution >= 4 is 11.8 Å². The van der Waals surface area contributed by atoms with Crippen molar-refractivity contribution in [2.24, 2.45) is 5.92 Å². The number of amides is 1. The predicted octanol–water partition coefficient (Wildman–Crippen LogP) is 5.27. The van der Waals surface area contributed by atoms with E-state index < -0.39 is 12.4 Å². The highest BCUT2D eigenvalue weighted by atomic mass is 16.7. The Kier molecular flexibility index (Phi) is 10.2. The van der Waals surface area contributed by atoms with Gasteiger partial charge in [0.25, 0.3) is 0 Å². The van der Waals surface area contributed by atoms with E-state index in [2.05, 4.69) is 35.8 Å². The standard InChI is InChI=1S/C31H37N3O5/c1-4-19-37-31(36)33-27-14-12-25(13-15-27)30-38-28(20-34(3)18-16-26-7-5-6-17-32-26)22(2)29(39-30)24-10-8-23(21-35)9-11-24/h4-15,17,22,28-30,35H,1,16,18-21H2,2-3H3,(H,33,36)/t22-,28+,29+,30+/m0/s1. The number of aromatic nitrogens is 1. The third-order valence-corrected chi connectivity index (χ3v) is 6.85. The molecule has 2 N–H and O–H groups in total. The van der Waals surface area contributed by atoms with E-state index in [4.69, 9.17) is 14.2 Å². The van der Waals surface area contributed by atoms with Crippen molar-refractivity contribution in [3.05, 3.63) is 108 Å². The Morgan fingerprint density at radius 2 is 1.85 bits per heavy atom. The summed E-state index contributed by atoms with van der Waals surface area (Å²) in [7, 11) is 2.10. The lowest BCUT2D eigenvalue weighted by atomic mass is 9.90. The maximum atomic E-state index is 11.9. The third-order valence-electron chi connectivity index (χ3n) is 6.85. The van der Waals surface area contributed by atoms with Gasteiger partial charge in [-0.25, -0.2) is 4.79 Å². The Hall–Kier alpha value is -3.56. The summed E-state index contributed by atoms with van der Waals surface area (Å²) in [5, 5.41) is 12.2. The molecule has 0 radical (unpaired) electrons. The Morgan fingerprint density at radius 1 is 1.10 bits per heavy atom. The lowest BCUT2D eigenvalue weighted by Gasteiger charge is -2.42. The van der Waals surface area contributed by atoms with Crippen molar-refractivity contribution < 1.29 is 24.1 Å². The van der Waals surface area contributed by atoms with E-state index in [0.29, 0.717) is 5.69 Å². The summed E-state index contributed by atoms with van der Waals surface area (Å²) in [5.41, 5.74) is 4.42. The third kappa shape index (κ3) is 7.97. The fourth-order valence-corrected chi connectivity index (χ4v) is 4.59. The number of nitrogens with one attached hydrogen (secondary N) is 1. The molecule has 39 heavy (non-hydrogen) atoms. The maximum absolute atomic E-state index is 11.9. The molecule has 1 aliphatic rings. The molecule has 0 unspecified atom stereocenters. The second-order valence-corrected chi connectivity index (χ2v) is 9.79. The first-order valence-corrected chi connectivity index (χ1v) is 13.2. The summed E-state index contributed by atoms with van der Waals surface area (Å²) in [4.78, 5) is 18.6. The molecule has 0 saturated carbocycles. The van der Waals surface area contributed by atoms with Gasteiger partial charge in [0.15, 0.2) is 6.29 Å². The number of pyridine rings is 1. The van der Waals surface area contributed by atoms with Gasteiger partial charge in [0.05, 0.1) is 18.8 Å². The highest BCUT2D eigenvalue weighted by molar-refractivity contribution is 5.84. The summed E-state index contributed by atoms with van der Waals surface area (Å²) in [6, 6.07) is 21.2. The number of carbonyl (C=O) groups is 1. The molecule has 1 aromatic heterocycles. The van der Waals surface area contributed by atoms with Crippen LogP contribution in [0.4, 0.5) is 10.5 Å². The summed E-state index contributed by atoms with van der Waals surface area (Å²) in [6.45, 7) is 7.42. The lowest BCUT2D eigenvalue weighted by Crippen LogP contribution is -2.43. The molecule has 2 aromatic carbocycles. The predicted molar refractivity (Wildman–Crippen MR) is 150 cm³/mol. The second kappa shape index (κ2) is 14.0. The smallest absolute Gasteiger partial charge is 0.411 e. The molecular formula is C31H37N3O5. The number of aliphatic hydroxyl groups is 1. The first kappa shape index (κ1) is 28.4. The minimum Gasteiger partial charge on any atom is -0.445 e. The minimum atomic E-state index is -0.584. The molecule has 0 aliphatic carbocycles. The lowest BCUT2D eigenvalue weighted by molar-refractivity contribution is -0.275. The number of aliphatic hydroxyl groups excluding tert-OH is 1. The van der Waals surface area contributed by atoms with Gasteiger partial charge < -0.3 is 24.2 Å². The molecule has 1 amide bonds. The number of rotatable bonds is 11. The fourth-order valence-electron chi connectivity index (χ4n) is 4.59. The van der Waals surface area contributed by atoms with Crippen molar-refractivity contribution in [1.82, 2.24) is 9.88 Å². The largest absolute Gasteiger partial charge is 0.445 e. The first-order valence-electron chi connectivity index (χ1n) is 13.2. The number of anilines is 1. The zero-order valence-electron chi connectivity index (χ0n) is 22.5. The Balaban J connectivity index is 1.49. The SMILES string of the molecule is C=CCOC(=O)Nc1ccc([C@@H]2O[C@H](CN(C)CCc3ccccn3)[C@H](C)[C@H](c3ccc(CO)cc3)O2)cc1. The van der Waals surface area contributed by atoms with E-state index in [1.807, 2.05) is 60.8 Å². The van der Waals surface area contributed by atoms with E-state index in [0.717, 1.165) is 41.9 Å². The van der Waals surface area contributed by atoms with Crippen LogP contribution in [0.3, 0.4) is 0 Å². The zero-order chi connectivity index (χ0) is 27.6. The molecule has 3 aromatic rings. The van der Waals surface area contributed by atoms with Crippen LogP contribution in [0, 0.1) is 5.92 Å². The highest BCUT2D eigenvalue weighted by Gasteiger charge is 2.38. The van der Waals surface area contributed by atoms with E-state index in [-0.39, 0.29) is 31.3 Å². The summed E-state index contributed by atoms with van der Waals surface area (Å²) >= 11 is 0. The van der Waals surface area contributed by atoms with Crippen molar-refractivity contribution in [3.8, 4) is 0 Å². The second-order valence-electron chi connectivity index (χ2n) is 9.79. The van der Waals surface area contributed by atoms with Gasteiger partial charge in [0.2, 0.25) is 0 Å². The monoisotopic (exact) mass is 531 g/mol. The molecule has 1 saturated heterocycles. The molecule has 2 heterocycles. The normalized spacial score (nSPS) is 20.9. The van der Waals surface area contributed by atoms with Crippen LogP contribution in [0.25, 0.3) is 0 Å². The van der Waals surface area contributed by atoms with Crippen molar-refractivity contribution in [2.75, 3.05) is 32.1 Å². The van der Waals surface area contributed by atoms with Crippen LogP contribution in [-0.2, 0) is 27.2 Å². The molecule has 0 spiro atoms. The molecule has 206 valence electrons. The van der Waals surface area contributed by atoms with Crippen LogP contribution in [0.5, 0.6) is 0 Å². The van der Waals surface area contributed by atoms with Crippen LogP contribution < -0.4 is 5.32 Å². The van der Waals surface area contributed by atoms with Crippen LogP contribution in [-0.4, -0.2) is 53.9 Å². The molecule has 1 fully saturated rings. The number of ether oxygens (including phenoxy) is 3. The van der Waals surface area contributed by atoms with Gasteiger partial charge in [-0.05, 0) is 42.4 Å². The number of carbonyl (C=O) groups excluding carboxylic acids is 1. The van der Waals surface area contributed by atoms with Gasteiger partial charge in [-0.2, -0.15) is 0 Å². The van der Waals surface area contributed by atoms with E-state index in [1.165, 1.54) is 6.08 Å². The molecular weight excluding hydrogens is 494 g/mol. The Bertz CT molecular complexity index is 1190. The summed E-state index contributed by atoms with van der Waals surface area (Å²) < 4.78 is 18.0. The highest BCUT2D eigenvalue weighted by Crippen LogP contribution is 2.42. The number of hydrogen-bond donors (Lipinski definition) is 2. The van der Waals surface area contributed by atoms with E-state index in [9.17, 15) is 9.90 Å². The number of likely N-dealkylation sites (N-methyl/N-ethyl adjacent to an activating group) is 1. The maximum Gasteiger partial charge on any atom is 0.411 e. The average molecular weight is 532 g/mol. The van der Waals surface area contributed by atoms with Crippen molar-refractivity contribution in [1.29, 1.82) is 0 Å². The van der Waals surface area contributed by atoms with Crippen LogP contribution in [0.2, 0.25) is 0 Å². The molecule has 4 rings (SSSR count). The van der Waals surface area contributed by atoms with E-state index >= 15 is 0 Å². The summed E-state index contributed by atoms with van der Waals surface area (Å²) in [5.74, 6) is 0.0825. The van der Waals surface area contributed by atoms with Crippen molar-refractivity contribution in [2.45, 2.75) is 38.4 Å². The number of nitrogens with zero attached hydrogens (tertiary/aromatic N) is 2. The van der Waals surface area contributed by atoms with Crippen LogP contribution in [0.15, 0.2) is 85.6 Å². The quantitative estimate of drug-likeness (QED) is 0.326. The van der Waals surface area contributed by atoms with Gasteiger partial charge >= 0.3 is 6.09 Å². The van der Waals surface area contributed by atoms with Gasteiger partial charge in [-0.3, -0.25) is 10.3 Å². The topological polar surface area (TPSA) is 93.2 Å². The van der Waals surface area contributed by atoms with Gasteiger partial charge in [0, 0.05) is 48.6 Å².